The third-order valence-corrected chi connectivity index (χ3v) is 5.48. The fourth-order valence-electron chi connectivity index (χ4n) is 3.68. The van der Waals surface area contributed by atoms with Gasteiger partial charge in [-0.15, -0.1) is 0 Å². The summed E-state index contributed by atoms with van der Waals surface area (Å²) >= 11 is 0. The second kappa shape index (κ2) is 9.65. The Morgan fingerprint density at radius 1 is 1.03 bits per heavy atom. The summed E-state index contributed by atoms with van der Waals surface area (Å²) in [4.78, 5) is 27.0. The van der Waals surface area contributed by atoms with Crippen molar-refractivity contribution in [3.63, 3.8) is 0 Å². The van der Waals surface area contributed by atoms with Crippen molar-refractivity contribution in [3.8, 4) is 11.5 Å². The van der Waals surface area contributed by atoms with Crippen molar-refractivity contribution in [2.45, 2.75) is 51.7 Å². The molecule has 1 atom stereocenters. The van der Waals surface area contributed by atoms with Crippen LogP contribution in [0.3, 0.4) is 0 Å². The van der Waals surface area contributed by atoms with Crippen molar-refractivity contribution in [1.29, 1.82) is 0 Å². The first-order chi connectivity index (χ1) is 14.4. The lowest BCUT2D eigenvalue weighted by Crippen LogP contribution is -2.49. The van der Waals surface area contributed by atoms with Gasteiger partial charge in [-0.25, -0.2) is 0 Å². The molecule has 0 saturated carbocycles. The number of nitrogens with one attached hydrogen (secondary N) is 1. The van der Waals surface area contributed by atoms with Crippen LogP contribution in [0.2, 0.25) is 0 Å². The summed E-state index contributed by atoms with van der Waals surface area (Å²) in [5.74, 6) is 0.699. The molecule has 1 aliphatic heterocycles. The highest BCUT2D eigenvalue weighted by atomic mass is 16.5. The molecule has 2 N–H and O–H groups in total. The van der Waals surface area contributed by atoms with Crippen LogP contribution in [0.4, 0.5) is 0 Å². The number of aromatic hydroxyl groups is 1. The number of phenolic OH excluding ortho intramolecular Hbond substituents is 1. The molecule has 1 fully saturated rings. The molecule has 0 aromatic heterocycles. The molecule has 0 spiro atoms. The summed E-state index contributed by atoms with van der Waals surface area (Å²) in [6, 6.07) is 14.3. The minimum Gasteiger partial charge on any atom is -0.507 e. The second-order valence-electron chi connectivity index (χ2n) is 8.04. The molecule has 0 aliphatic carbocycles. The number of hydrogen-bond donors (Lipinski definition) is 2. The average Bonchev–Trinajstić information content (AvgIpc) is 2.74. The number of phenols is 1. The molecular formula is C24H30N2O4. The van der Waals surface area contributed by atoms with E-state index in [-0.39, 0.29) is 23.6 Å². The Morgan fingerprint density at radius 2 is 1.67 bits per heavy atom. The Morgan fingerprint density at radius 3 is 2.33 bits per heavy atom. The number of ether oxygens (including phenoxy) is 1. The minimum atomic E-state index is -0.606. The first-order valence-electron chi connectivity index (χ1n) is 10.5. The summed E-state index contributed by atoms with van der Waals surface area (Å²) in [5.41, 5.74) is 1.39. The molecule has 2 aromatic rings. The number of likely N-dealkylation sites (tertiary alicyclic amines) is 1. The molecule has 1 heterocycles. The van der Waals surface area contributed by atoms with Crippen LogP contribution in [0.15, 0.2) is 48.5 Å². The van der Waals surface area contributed by atoms with Crippen molar-refractivity contribution < 1.29 is 19.4 Å². The summed E-state index contributed by atoms with van der Waals surface area (Å²) in [6.45, 7) is 7.00. The first-order valence-corrected chi connectivity index (χ1v) is 10.5. The van der Waals surface area contributed by atoms with Gasteiger partial charge in [0, 0.05) is 19.1 Å². The van der Waals surface area contributed by atoms with Crippen molar-refractivity contribution >= 4 is 11.8 Å². The van der Waals surface area contributed by atoms with Gasteiger partial charge in [0.25, 0.3) is 11.8 Å². The fraction of sp³-hybridized carbons (Fsp3) is 0.417. The highest BCUT2D eigenvalue weighted by molar-refractivity contribution is 5.96. The van der Waals surface area contributed by atoms with Gasteiger partial charge in [0.15, 0.2) is 6.10 Å². The second-order valence-corrected chi connectivity index (χ2v) is 8.04. The molecule has 0 radical (unpaired) electrons. The van der Waals surface area contributed by atoms with E-state index < -0.39 is 6.10 Å². The predicted octanol–water partition coefficient (Wildman–Crippen LogP) is 3.70. The monoisotopic (exact) mass is 410 g/mol. The van der Waals surface area contributed by atoms with Crippen molar-refractivity contribution in [2.24, 2.45) is 0 Å². The van der Waals surface area contributed by atoms with E-state index in [0.717, 1.165) is 11.3 Å². The maximum absolute atomic E-state index is 12.6. The van der Waals surface area contributed by atoms with Gasteiger partial charge in [-0.3, -0.25) is 9.59 Å². The van der Waals surface area contributed by atoms with Crippen LogP contribution in [0.25, 0.3) is 0 Å². The Balaban J connectivity index is 1.52. The van der Waals surface area contributed by atoms with Crippen LogP contribution in [0.5, 0.6) is 11.5 Å². The molecule has 6 nitrogen and oxygen atoms in total. The maximum atomic E-state index is 12.6. The highest BCUT2D eigenvalue weighted by Gasteiger charge is 2.27. The minimum absolute atomic E-state index is 0.00249. The van der Waals surface area contributed by atoms with Crippen LogP contribution in [-0.4, -0.2) is 47.1 Å². The van der Waals surface area contributed by atoms with E-state index in [4.69, 9.17) is 4.74 Å². The molecular weight excluding hydrogens is 380 g/mol. The van der Waals surface area contributed by atoms with E-state index >= 15 is 0 Å². The van der Waals surface area contributed by atoms with E-state index in [1.807, 2.05) is 24.3 Å². The predicted molar refractivity (Wildman–Crippen MR) is 116 cm³/mol. The molecule has 160 valence electrons. The first kappa shape index (κ1) is 21.7. The van der Waals surface area contributed by atoms with Gasteiger partial charge in [-0.2, -0.15) is 0 Å². The van der Waals surface area contributed by atoms with Gasteiger partial charge in [0.1, 0.15) is 11.5 Å². The van der Waals surface area contributed by atoms with Crippen molar-refractivity contribution in [2.75, 3.05) is 13.1 Å². The zero-order chi connectivity index (χ0) is 21.7. The van der Waals surface area contributed by atoms with E-state index in [2.05, 4.69) is 19.2 Å². The smallest absolute Gasteiger partial charge is 0.260 e. The van der Waals surface area contributed by atoms with E-state index in [1.54, 1.807) is 30.0 Å². The lowest BCUT2D eigenvalue weighted by Gasteiger charge is -2.33. The lowest BCUT2D eigenvalue weighted by atomic mass is 10.0. The number of carbonyl (C=O) groups excluding carboxylic acids is 2. The number of hydrogen-bond acceptors (Lipinski definition) is 4. The third kappa shape index (κ3) is 5.12. The van der Waals surface area contributed by atoms with E-state index in [0.29, 0.717) is 37.4 Å². The Kier molecular flexibility index (Phi) is 6.98. The van der Waals surface area contributed by atoms with Gasteiger partial charge in [-0.1, -0.05) is 44.2 Å². The highest BCUT2D eigenvalue weighted by Crippen LogP contribution is 2.27. The topological polar surface area (TPSA) is 78.9 Å². The molecule has 30 heavy (non-hydrogen) atoms. The van der Waals surface area contributed by atoms with Gasteiger partial charge < -0.3 is 20.1 Å². The molecule has 1 saturated heterocycles. The normalized spacial score (nSPS) is 15.7. The molecule has 0 bridgehead atoms. The Labute approximate surface area is 177 Å². The largest absolute Gasteiger partial charge is 0.507 e. The van der Waals surface area contributed by atoms with Crippen molar-refractivity contribution in [1.82, 2.24) is 10.2 Å². The number of carbonyl (C=O) groups is 2. The molecule has 1 unspecified atom stereocenters. The molecule has 6 heteroatoms. The number of rotatable bonds is 6. The van der Waals surface area contributed by atoms with Crippen LogP contribution in [-0.2, 0) is 4.79 Å². The molecule has 1 aliphatic rings. The Hall–Kier alpha value is -3.02. The van der Waals surface area contributed by atoms with Crippen LogP contribution in [0.1, 0.15) is 55.5 Å². The van der Waals surface area contributed by atoms with Gasteiger partial charge in [-0.05, 0) is 49.4 Å². The van der Waals surface area contributed by atoms with E-state index in [9.17, 15) is 14.7 Å². The standard InChI is InChI=1S/C24H30N2O4/c1-16(2)19-8-5-7-11-22(19)30-17(3)23(28)25-18-12-14-26(15-13-18)24(29)20-9-4-6-10-21(20)27/h4-11,16-18,27H,12-15H2,1-3H3,(H,25,28). The lowest BCUT2D eigenvalue weighted by molar-refractivity contribution is -0.128. The number of amides is 2. The number of benzene rings is 2. The SMILES string of the molecule is CC(Oc1ccccc1C(C)C)C(=O)NC1CCN(C(=O)c2ccccc2O)CC1. The number of nitrogens with zero attached hydrogens (tertiary/aromatic N) is 1. The summed E-state index contributed by atoms with van der Waals surface area (Å²) < 4.78 is 5.94. The summed E-state index contributed by atoms with van der Waals surface area (Å²) in [6.07, 6.45) is 0.728. The van der Waals surface area contributed by atoms with Crippen LogP contribution in [0, 0.1) is 0 Å². The van der Waals surface area contributed by atoms with Gasteiger partial charge >= 0.3 is 0 Å². The fourth-order valence-corrected chi connectivity index (χ4v) is 3.68. The number of para-hydroxylation sites is 2. The van der Waals surface area contributed by atoms with Crippen LogP contribution >= 0.6 is 0 Å². The van der Waals surface area contributed by atoms with Gasteiger partial charge in [0.2, 0.25) is 0 Å². The van der Waals surface area contributed by atoms with Crippen molar-refractivity contribution in [3.05, 3.63) is 59.7 Å². The van der Waals surface area contributed by atoms with Gasteiger partial charge in [0.05, 0.1) is 5.56 Å². The summed E-state index contributed by atoms with van der Waals surface area (Å²) in [5, 5.41) is 12.9. The average molecular weight is 411 g/mol. The van der Waals surface area contributed by atoms with Crippen LogP contribution < -0.4 is 10.1 Å². The van der Waals surface area contributed by atoms with E-state index in [1.165, 1.54) is 6.07 Å². The number of piperidine rings is 1. The zero-order valence-corrected chi connectivity index (χ0v) is 17.8. The quantitative estimate of drug-likeness (QED) is 0.761. The summed E-state index contributed by atoms with van der Waals surface area (Å²) in [7, 11) is 0. The molecule has 2 amide bonds. The molecule has 3 rings (SSSR count). The molecule has 2 aromatic carbocycles. The third-order valence-electron chi connectivity index (χ3n) is 5.48. The Bertz CT molecular complexity index is 888. The maximum Gasteiger partial charge on any atom is 0.260 e. The zero-order valence-electron chi connectivity index (χ0n) is 17.8.